The van der Waals surface area contributed by atoms with E-state index < -0.39 is 54.1 Å². The molecule has 0 spiro atoms. The smallest absolute Gasteiger partial charge is 0.330 e. The molecule has 0 saturated carbocycles. The summed E-state index contributed by atoms with van der Waals surface area (Å²) in [4.78, 5) is 64.6. The molecule has 4 rings (SSSR count). The van der Waals surface area contributed by atoms with Crippen molar-refractivity contribution in [3.05, 3.63) is 82.9 Å². The second-order valence-electron chi connectivity index (χ2n) is 8.50. The molecule has 9 nitrogen and oxygen atoms in total. The van der Waals surface area contributed by atoms with Gasteiger partial charge in [0.05, 0.1) is 22.4 Å². The Hall–Kier alpha value is -3.98. The van der Waals surface area contributed by atoms with Crippen LogP contribution in [0.15, 0.2) is 66.7 Å². The summed E-state index contributed by atoms with van der Waals surface area (Å²) < 4.78 is 5.17. The minimum atomic E-state index is -1.22. The van der Waals surface area contributed by atoms with Crippen molar-refractivity contribution in [3.8, 4) is 0 Å². The highest BCUT2D eigenvalue weighted by Crippen LogP contribution is 2.36. The van der Waals surface area contributed by atoms with E-state index in [0.717, 1.165) is 10.5 Å². The Balaban J connectivity index is 1.41. The van der Waals surface area contributed by atoms with Crippen molar-refractivity contribution in [2.45, 2.75) is 25.3 Å². The van der Waals surface area contributed by atoms with Crippen LogP contribution in [0, 0.1) is 11.8 Å². The number of hydrazine groups is 1. The minimum absolute atomic E-state index is 0.0505. The molecule has 186 valence electrons. The Labute approximate surface area is 212 Å². The first kappa shape index (κ1) is 25.1. The third-order valence-corrected chi connectivity index (χ3v) is 6.51. The van der Waals surface area contributed by atoms with Gasteiger partial charge in [-0.1, -0.05) is 66.2 Å². The number of nitrogens with zero attached hydrogens (tertiary/aromatic N) is 1. The molecule has 2 aliphatic rings. The standard InChI is InChI=1S/C26H24ClN3O6/c27-20-13-7-6-12-19(20)23(32)29-28-22(31)15-36-26(35)21(14-16-8-2-1-3-9-16)30-24(33)17-10-4-5-11-18(17)25(30)34/h1-9,12-13,17-18,21H,10-11,14-15H2,(H,28,31)(H,29,32)/t17-,18-,21-/m0/s1. The summed E-state index contributed by atoms with van der Waals surface area (Å²) in [6, 6.07) is 14.0. The van der Waals surface area contributed by atoms with Crippen LogP contribution in [0.2, 0.25) is 5.02 Å². The fraction of sp³-hybridized carbons (Fsp3) is 0.269. The number of esters is 1. The highest BCUT2D eigenvalue weighted by Gasteiger charge is 2.51. The van der Waals surface area contributed by atoms with Crippen LogP contribution in [0.5, 0.6) is 0 Å². The van der Waals surface area contributed by atoms with Gasteiger partial charge in [0.25, 0.3) is 11.8 Å². The van der Waals surface area contributed by atoms with Crippen LogP contribution in [0.25, 0.3) is 0 Å². The molecule has 1 aliphatic heterocycles. The van der Waals surface area contributed by atoms with E-state index in [0.29, 0.717) is 12.8 Å². The second kappa shape index (κ2) is 11.2. The van der Waals surface area contributed by atoms with Gasteiger partial charge >= 0.3 is 5.97 Å². The molecule has 1 fully saturated rings. The fourth-order valence-corrected chi connectivity index (χ4v) is 4.58. The Morgan fingerprint density at radius 2 is 1.53 bits per heavy atom. The Kier molecular flexibility index (Phi) is 7.80. The lowest BCUT2D eigenvalue weighted by Crippen LogP contribution is -2.49. The lowest BCUT2D eigenvalue weighted by molar-refractivity contribution is -0.160. The number of imide groups is 1. The molecule has 2 aromatic rings. The maximum Gasteiger partial charge on any atom is 0.330 e. The highest BCUT2D eigenvalue weighted by molar-refractivity contribution is 6.33. The van der Waals surface area contributed by atoms with Crippen molar-refractivity contribution in [1.29, 1.82) is 0 Å². The van der Waals surface area contributed by atoms with Crippen molar-refractivity contribution in [2.75, 3.05) is 6.61 Å². The molecule has 4 amide bonds. The van der Waals surface area contributed by atoms with Gasteiger partial charge in [-0.2, -0.15) is 0 Å². The second-order valence-corrected chi connectivity index (χ2v) is 8.90. The quantitative estimate of drug-likeness (QED) is 0.255. The molecule has 1 aliphatic carbocycles. The van der Waals surface area contributed by atoms with Crippen molar-refractivity contribution in [2.24, 2.45) is 11.8 Å². The van der Waals surface area contributed by atoms with Gasteiger partial charge in [0.2, 0.25) is 11.8 Å². The molecule has 0 bridgehead atoms. The summed E-state index contributed by atoms with van der Waals surface area (Å²) in [5, 5.41) is 0.204. The summed E-state index contributed by atoms with van der Waals surface area (Å²) >= 11 is 5.96. The number of likely N-dealkylation sites (tertiary alicyclic amines) is 1. The zero-order chi connectivity index (χ0) is 25.7. The number of rotatable bonds is 7. The summed E-state index contributed by atoms with van der Waals surface area (Å²) in [7, 11) is 0. The van der Waals surface area contributed by atoms with E-state index in [1.54, 1.807) is 36.4 Å². The average Bonchev–Trinajstić information content (AvgIpc) is 3.15. The number of allylic oxidation sites excluding steroid dienone is 2. The number of benzene rings is 2. The topological polar surface area (TPSA) is 122 Å². The highest BCUT2D eigenvalue weighted by atomic mass is 35.5. The van der Waals surface area contributed by atoms with Gasteiger partial charge in [-0.05, 0) is 30.5 Å². The number of amides is 4. The molecule has 0 aromatic heterocycles. The first-order valence-corrected chi connectivity index (χ1v) is 11.8. The zero-order valence-electron chi connectivity index (χ0n) is 19.2. The molecule has 36 heavy (non-hydrogen) atoms. The van der Waals surface area contributed by atoms with E-state index in [1.807, 2.05) is 18.2 Å². The minimum Gasteiger partial charge on any atom is -0.454 e. The molecule has 10 heteroatoms. The van der Waals surface area contributed by atoms with E-state index in [4.69, 9.17) is 16.3 Å². The van der Waals surface area contributed by atoms with Crippen LogP contribution in [-0.4, -0.2) is 47.1 Å². The third-order valence-electron chi connectivity index (χ3n) is 6.18. The number of carbonyl (C=O) groups excluding carboxylic acids is 5. The fourth-order valence-electron chi connectivity index (χ4n) is 4.36. The first-order chi connectivity index (χ1) is 17.4. The average molecular weight is 510 g/mol. The summed E-state index contributed by atoms with van der Waals surface area (Å²) in [5.41, 5.74) is 5.23. The van der Waals surface area contributed by atoms with Crippen molar-refractivity contribution < 1.29 is 28.7 Å². The van der Waals surface area contributed by atoms with Crippen molar-refractivity contribution >= 4 is 41.2 Å². The van der Waals surface area contributed by atoms with Crippen molar-refractivity contribution in [1.82, 2.24) is 15.8 Å². The Bertz CT molecular complexity index is 1190. The molecule has 1 heterocycles. The maximum absolute atomic E-state index is 13.1. The zero-order valence-corrected chi connectivity index (χ0v) is 19.9. The van der Waals surface area contributed by atoms with Crippen LogP contribution in [0.1, 0.15) is 28.8 Å². The van der Waals surface area contributed by atoms with Gasteiger partial charge < -0.3 is 4.74 Å². The maximum atomic E-state index is 13.1. The van der Waals surface area contributed by atoms with Gasteiger partial charge in [-0.15, -0.1) is 0 Å². The SMILES string of the molecule is O=C(COC(=O)[C@H](Cc1ccccc1)N1C(=O)[C@H]2CC=CC[C@@H]2C1=O)NNC(=O)c1ccccc1Cl. The molecule has 2 aromatic carbocycles. The first-order valence-electron chi connectivity index (χ1n) is 11.4. The van der Waals surface area contributed by atoms with E-state index in [2.05, 4.69) is 10.9 Å². The number of fused-ring (bicyclic) bond motifs is 1. The van der Waals surface area contributed by atoms with E-state index >= 15 is 0 Å². The Morgan fingerprint density at radius 3 is 2.17 bits per heavy atom. The molecule has 2 N–H and O–H groups in total. The molecule has 1 saturated heterocycles. The third kappa shape index (κ3) is 5.46. The van der Waals surface area contributed by atoms with Crippen LogP contribution >= 0.6 is 11.6 Å². The summed E-state index contributed by atoms with van der Waals surface area (Å²) in [6.07, 6.45) is 4.65. The normalized spacial score (nSPS) is 19.4. The number of hydrogen-bond acceptors (Lipinski definition) is 6. The van der Waals surface area contributed by atoms with Crippen LogP contribution < -0.4 is 10.9 Å². The van der Waals surface area contributed by atoms with Gasteiger partial charge in [0.1, 0.15) is 6.04 Å². The lowest BCUT2D eigenvalue weighted by Gasteiger charge is -2.25. The molecule has 0 radical (unpaired) electrons. The van der Waals surface area contributed by atoms with Gasteiger partial charge in [0, 0.05) is 6.42 Å². The molecule has 3 atom stereocenters. The monoisotopic (exact) mass is 509 g/mol. The predicted molar refractivity (Wildman–Crippen MR) is 129 cm³/mol. The molecular formula is C26H24ClN3O6. The van der Waals surface area contributed by atoms with Gasteiger partial charge in [0.15, 0.2) is 6.61 Å². The largest absolute Gasteiger partial charge is 0.454 e. The number of ether oxygens (including phenoxy) is 1. The van der Waals surface area contributed by atoms with E-state index in [1.165, 1.54) is 12.1 Å². The van der Waals surface area contributed by atoms with E-state index in [9.17, 15) is 24.0 Å². The summed E-state index contributed by atoms with van der Waals surface area (Å²) in [5.74, 6) is -4.17. The molecular weight excluding hydrogens is 486 g/mol. The number of nitrogens with one attached hydrogen (secondary N) is 2. The van der Waals surface area contributed by atoms with Crippen LogP contribution in [0.3, 0.4) is 0 Å². The van der Waals surface area contributed by atoms with E-state index in [-0.39, 0.29) is 17.0 Å². The summed E-state index contributed by atoms with van der Waals surface area (Å²) in [6.45, 7) is -0.725. The Morgan fingerprint density at radius 1 is 0.917 bits per heavy atom. The number of halogens is 1. The van der Waals surface area contributed by atoms with Gasteiger partial charge in [-0.3, -0.25) is 34.9 Å². The molecule has 0 unspecified atom stereocenters. The predicted octanol–water partition coefficient (Wildman–Crippen LogP) is 2.21. The van der Waals surface area contributed by atoms with Crippen LogP contribution in [0.4, 0.5) is 0 Å². The lowest BCUT2D eigenvalue weighted by atomic mass is 9.85. The van der Waals surface area contributed by atoms with Crippen molar-refractivity contribution in [3.63, 3.8) is 0 Å². The number of hydrogen-bond donors (Lipinski definition) is 2. The number of carbonyl (C=O) groups is 5. The van der Waals surface area contributed by atoms with Crippen LogP contribution in [-0.2, 0) is 30.3 Å². The van der Waals surface area contributed by atoms with Gasteiger partial charge in [-0.25, -0.2) is 4.79 Å².